The lowest BCUT2D eigenvalue weighted by molar-refractivity contribution is 0.923. The monoisotopic (exact) mass is 144 g/mol. The van der Waals surface area contributed by atoms with E-state index in [0.717, 1.165) is 16.9 Å². The summed E-state index contributed by atoms with van der Waals surface area (Å²) < 4.78 is 0. The van der Waals surface area contributed by atoms with E-state index in [9.17, 15) is 0 Å². The molecule has 1 aromatic carbocycles. The molecule has 0 saturated heterocycles. The quantitative estimate of drug-likeness (QED) is 0.581. The van der Waals surface area contributed by atoms with Gasteiger partial charge in [0.1, 0.15) is 11.4 Å². The molecule has 0 bridgehead atoms. The minimum Gasteiger partial charge on any atom is -0.128 e. The predicted molar refractivity (Wildman–Crippen MR) is 42.8 cm³/mol. The van der Waals surface area contributed by atoms with Crippen LogP contribution < -0.4 is 5.43 Å². The highest BCUT2D eigenvalue weighted by molar-refractivity contribution is 5.67. The second-order valence-corrected chi connectivity index (χ2v) is 2.24. The van der Waals surface area contributed by atoms with Crippen molar-refractivity contribution in [2.75, 3.05) is 0 Å². The van der Waals surface area contributed by atoms with Crippen molar-refractivity contribution in [3.05, 3.63) is 30.3 Å². The molecule has 0 aliphatic carbocycles. The van der Waals surface area contributed by atoms with Gasteiger partial charge < -0.3 is 0 Å². The first-order valence-corrected chi connectivity index (χ1v) is 3.28. The van der Waals surface area contributed by atoms with E-state index in [2.05, 4.69) is 22.3 Å². The van der Waals surface area contributed by atoms with E-state index in [0.29, 0.717) is 0 Å². The Kier molecular flexibility index (Phi) is 1.22. The molecule has 11 heavy (non-hydrogen) atoms. The van der Waals surface area contributed by atoms with Crippen LogP contribution in [0.2, 0.25) is 0 Å². The SMILES string of the molecule is C=Cc1ccc2c(c1)[N]N=N2. The van der Waals surface area contributed by atoms with Gasteiger partial charge in [-0.15, -0.1) is 10.5 Å². The van der Waals surface area contributed by atoms with Crippen molar-refractivity contribution in [3.8, 4) is 0 Å². The second-order valence-electron chi connectivity index (χ2n) is 2.24. The highest BCUT2D eigenvalue weighted by Crippen LogP contribution is 2.31. The lowest BCUT2D eigenvalue weighted by atomic mass is 10.2. The van der Waals surface area contributed by atoms with Crippen LogP contribution in [0, 0.1) is 0 Å². The van der Waals surface area contributed by atoms with Crippen molar-refractivity contribution >= 4 is 17.5 Å². The van der Waals surface area contributed by atoms with Crippen LogP contribution in [-0.4, -0.2) is 0 Å². The maximum atomic E-state index is 3.82. The van der Waals surface area contributed by atoms with Crippen molar-refractivity contribution in [1.29, 1.82) is 0 Å². The summed E-state index contributed by atoms with van der Waals surface area (Å²) in [6, 6.07) is 5.72. The predicted octanol–water partition coefficient (Wildman–Crippen LogP) is 2.58. The van der Waals surface area contributed by atoms with Crippen LogP contribution in [0.1, 0.15) is 5.56 Å². The summed E-state index contributed by atoms with van der Waals surface area (Å²) in [6.45, 7) is 3.65. The molecule has 3 nitrogen and oxygen atoms in total. The maximum Gasteiger partial charge on any atom is 0.116 e. The van der Waals surface area contributed by atoms with Crippen LogP contribution in [-0.2, 0) is 0 Å². The Morgan fingerprint density at radius 3 is 3.00 bits per heavy atom. The zero-order valence-electron chi connectivity index (χ0n) is 5.86. The summed E-state index contributed by atoms with van der Waals surface area (Å²) in [5.74, 6) is 0. The van der Waals surface area contributed by atoms with Crippen molar-refractivity contribution in [2.24, 2.45) is 10.3 Å². The molecular formula is C8H6N3. The number of hydrogen-bond donors (Lipinski definition) is 0. The number of fused-ring (bicyclic) bond motifs is 1. The fourth-order valence-corrected chi connectivity index (χ4v) is 0.951. The van der Waals surface area contributed by atoms with Crippen LogP contribution in [0.15, 0.2) is 35.1 Å². The van der Waals surface area contributed by atoms with Gasteiger partial charge in [-0.25, -0.2) is 0 Å². The summed E-state index contributed by atoms with van der Waals surface area (Å²) >= 11 is 0. The Hall–Kier alpha value is -1.64. The molecule has 0 fully saturated rings. The first-order valence-electron chi connectivity index (χ1n) is 3.28. The van der Waals surface area contributed by atoms with E-state index >= 15 is 0 Å². The summed E-state index contributed by atoms with van der Waals surface area (Å²) in [5.41, 5.74) is 6.51. The van der Waals surface area contributed by atoms with Gasteiger partial charge in [-0.1, -0.05) is 18.7 Å². The van der Waals surface area contributed by atoms with Crippen LogP contribution in [0.5, 0.6) is 0 Å². The smallest absolute Gasteiger partial charge is 0.116 e. The second kappa shape index (κ2) is 2.20. The van der Waals surface area contributed by atoms with E-state index < -0.39 is 0 Å². The third-order valence-corrected chi connectivity index (χ3v) is 1.54. The molecule has 1 aliphatic heterocycles. The Morgan fingerprint density at radius 1 is 1.27 bits per heavy atom. The molecule has 1 aliphatic rings. The minimum atomic E-state index is 0.822. The van der Waals surface area contributed by atoms with Crippen molar-refractivity contribution in [1.82, 2.24) is 5.43 Å². The number of nitrogens with zero attached hydrogens (tertiary/aromatic N) is 3. The number of hydrogen-bond acceptors (Lipinski definition) is 2. The summed E-state index contributed by atoms with van der Waals surface area (Å²) in [7, 11) is 0. The summed E-state index contributed by atoms with van der Waals surface area (Å²) in [5, 5.41) is 7.34. The molecule has 1 radical (unpaired) electrons. The normalized spacial score (nSPS) is 12.4. The third-order valence-electron chi connectivity index (χ3n) is 1.54. The van der Waals surface area contributed by atoms with E-state index in [1.807, 2.05) is 18.2 Å². The fourth-order valence-electron chi connectivity index (χ4n) is 0.951. The molecule has 2 rings (SSSR count). The Bertz CT molecular complexity index is 328. The van der Waals surface area contributed by atoms with E-state index in [1.54, 1.807) is 6.08 Å². The largest absolute Gasteiger partial charge is 0.128 e. The average molecular weight is 144 g/mol. The van der Waals surface area contributed by atoms with Crippen molar-refractivity contribution in [3.63, 3.8) is 0 Å². The number of rotatable bonds is 1. The first-order chi connectivity index (χ1) is 5.40. The van der Waals surface area contributed by atoms with Gasteiger partial charge in [0, 0.05) is 0 Å². The number of benzene rings is 1. The highest BCUT2D eigenvalue weighted by atomic mass is 15.5. The minimum absolute atomic E-state index is 0.822. The standard InChI is InChI=1S/C8H6N3/c1-2-6-3-4-7-8(5-6)10-11-9-7/h2-5H,1H2. The highest BCUT2D eigenvalue weighted by Gasteiger charge is 2.07. The van der Waals surface area contributed by atoms with Crippen LogP contribution in [0.3, 0.4) is 0 Å². The van der Waals surface area contributed by atoms with E-state index in [-0.39, 0.29) is 0 Å². The molecule has 1 aromatic rings. The Labute approximate surface area is 64.4 Å². The molecule has 0 aromatic heterocycles. The molecule has 0 N–H and O–H groups in total. The van der Waals surface area contributed by atoms with E-state index in [1.165, 1.54) is 0 Å². The molecule has 3 heteroatoms. The summed E-state index contributed by atoms with van der Waals surface area (Å²) in [4.78, 5) is 0. The Balaban J connectivity index is 2.53. The molecule has 0 unspecified atom stereocenters. The molecule has 1 heterocycles. The lowest BCUT2D eigenvalue weighted by Gasteiger charge is -1.94. The molecule has 0 spiro atoms. The summed E-state index contributed by atoms with van der Waals surface area (Å²) in [6.07, 6.45) is 1.77. The average Bonchev–Trinajstić information content (AvgIpc) is 2.50. The van der Waals surface area contributed by atoms with Gasteiger partial charge in [0.05, 0.1) is 0 Å². The van der Waals surface area contributed by atoms with Crippen LogP contribution in [0.4, 0.5) is 11.4 Å². The molecule has 0 atom stereocenters. The van der Waals surface area contributed by atoms with Gasteiger partial charge >= 0.3 is 0 Å². The first kappa shape index (κ1) is 6.09. The van der Waals surface area contributed by atoms with Gasteiger partial charge in [-0.2, -0.15) is 0 Å². The zero-order valence-corrected chi connectivity index (χ0v) is 5.86. The van der Waals surface area contributed by atoms with Crippen LogP contribution in [0.25, 0.3) is 6.08 Å². The van der Waals surface area contributed by atoms with E-state index in [4.69, 9.17) is 0 Å². The van der Waals surface area contributed by atoms with Gasteiger partial charge in [0.15, 0.2) is 0 Å². The Morgan fingerprint density at radius 2 is 2.18 bits per heavy atom. The van der Waals surface area contributed by atoms with Crippen LogP contribution >= 0.6 is 0 Å². The van der Waals surface area contributed by atoms with Crippen molar-refractivity contribution in [2.45, 2.75) is 0 Å². The third kappa shape index (κ3) is 0.902. The van der Waals surface area contributed by atoms with Gasteiger partial charge in [0.2, 0.25) is 0 Å². The topological polar surface area (TPSA) is 38.8 Å². The molecule has 0 amide bonds. The molecular weight excluding hydrogens is 138 g/mol. The van der Waals surface area contributed by atoms with Gasteiger partial charge in [0.25, 0.3) is 0 Å². The fraction of sp³-hybridized carbons (Fsp3) is 0. The lowest BCUT2D eigenvalue weighted by Crippen LogP contribution is -1.79. The van der Waals surface area contributed by atoms with Gasteiger partial charge in [-0.05, 0) is 22.9 Å². The van der Waals surface area contributed by atoms with Gasteiger partial charge in [-0.3, -0.25) is 0 Å². The molecule has 53 valence electrons. The maximum absolute atomic E-state index is 3.82. The molecule has 0 saturated carbocycles. The van der Waals surface area contributed by atoms with Crippen molar-refractivity contribution < 1.29 is 0 Å². The zero-order chi connectivity index (χ0) is 7.68.